The number of fused-ring (bicyclic) bond motifs is 3. The summed E-state index contributed by atoms with van der Waals surface area (Å²) >= 11 is 2.49. The molecule has 0 aromatic heterocycles. The van der Waals surface area contributed by atoms with E-state index in [2.05, 4.69) is 80.6 Å². The minimum Gasteiger partial charge on any atom is -0.0651 e. The first-order valence-corrected chi connectivity index (χ1v) is 8.72. The summed E-state index contributed by atoms with van der Waals surface area (Å²) in [5.41, 5.74) is 5.67. The first-order valence-electron chi connectivity index (χ1n) is 7.64. The SMILES string of the molecule is CCCc1cc(C)cc2ccc3cc(C)c(I)c(C)c3c12. The molecular formula is C20H21I. The fraction of sp³-hybridized carbons (Fsp3) is 0.300. The number of rotatable bonds is 2. The van der Waals surface area contributed by atoms with Gasteiger partial charge in [-0.25, -0.2) is 0 Å². The molecule has 0 N–H and O–H groups in total. The molecule has 0 saturated heterocycles. The zero-order valence-corrected chi connectivity index (χ0v) is 15.3. The van der Waals surface area contributed by atoms with Crippen molar-refractivity contribution in [3.8, 4) is 0 Å². The Kier molecular flexibility index (Phi) is 3.96. The Bertz CT molecular complexity index is 844. The van der Waals surface area contributed by atoms with Crippen LogP contribution < -0.4 is 0 Å². The summed E-state index contributed by atoms with van der Waals surface area (Å²) < 4.78 is 1.40. The molecule has 0 aliphatic carbocycles. The fourth-order valence-corrected chi connectivity index (χ4v) is 3.85. The van der Waals surface area contributed by atoms with Crippen LogP contribution in [0.3, 0.4) is 0 Å². The Morgan fingerprint density at radius 1 is 0.905 bits per heavy atom. The molecule has 0 amide bonds. The van der Waals surface area contributed by atoms with Crippen molar-refractivity contribution in [1.82, 2.24) is 0 Å². The third-order valence-electron chi connectivity index (χ3n) is 4.32. The van der Waals surface area contributed by atoms with E-state index < -0.39 is 0 Å². The van der Waals surface area contributed by atoms with E-state index in [0.29, 0.717) is 0 Å². The summed E-state index contributed by atoms with van der Waals surface area (Å²) in [6.07, 6.45) is 2.35. The summed E-state index contributed by atoms with van der Waals surface area (Å²) in [5.74, 6) is 0. The van der Waals surface area contributed by atoms with Crippen LogP contribution in [0.25, 0.3) is 21.5 Å². The van der Waals surface area contributed by atoms with Gasteiger partial charge in [-0.05, 0) is 88.0 Å². The summed E-state index contributed by atoms with van der Waals surface area (Å²) in [5, 5.41) is 5.68. The van der Waals surface area contributed by atoms with E-state index in [1.165, 1.54) is 53.8 Å². The molecule has 0 saturated carbocycles. The van der Waals surface area contributed by atoms with Crippen molar-refractivity contribution < 1.29 is 0 Å². The van der Waals surface area contributed by atoms with Crippen molar-refractivity contribution in [2.75, 3.05) is 0 Å². The van der Waals surface area contributed by atoms with Gasteiger partial charge in [-0.2, -0.15) is 0 Å². The van der Waals surface area contributed by atoms with Gasteiger partial charge in [0.2, 0.25) is 0 Å². The predicted octanol–water partition coefficient (Wildman–Crippen LogP) is 6.48. The Morgan fingerprint density at radius 2 is 1.57 bits per heavy atom. The Labute approximate surface area is 140 Å². The molecule has 0 bridgehead atoms. The van der Waals surface area contributed by atoms with E-state index in [1.807, 2.05) is 0 Å². The molecule has 0 aliphatic rings. The summed E-state index contributed by atoms with van der Waals surface area (Å²) in [6.45, 7) is 8.95. The quantitative estimate of drug-likeness (QED) is 0.348. The normalized spacial score (nSPS) is 11.5. The van der Waals surface area contributed by atoms with Crippen LogP contribution in [0.5, 0.6) is 0 Å². The van der Waals surface area contributed by atoms with Gasteiger partial charge in [-0.3, -0.25) is 0 Å². The highest BCUT2D eigenvalue weighted by Gasteiger charge is 2.12. The number of hydrogen-bond acceptors (Lipinski definition) is 0. The van der Waals surface area contributed by atoms with Gasteiger partial charge < -0.3 is 0 Å². The molecule has 0 aliphatic heterocycles. The Hall–Kier alpha value is -1.09. The molecule has 0 fully saturated rings. The maximum Gasteiger partial charge on any atom is 0.0195 e. The molecule has 0 radical (unpaired) electrons. The standard InChI is InChI=1S/C20H21I/c1-5-6-15-9-12(2)10-16-7-8-17-11-13(3)20(21)14(4)18(17)19(15)16/h7-11H,5-6H2,1-4H3. The lowest BCUT2D eigenvalue weighted by atomic mass is 9.91. The minimum atomic E-state index is 1.15. The highest BCUT2D eigenvalue weighted by Crippen LogP contribution is 2.35. The molecule has 3 rings (SSSR count). The smallest absolute Gasteiger partial charge is 0.0195 e. The van der Waals surface area contributed by atoms with Crippen LogP contribution in [-0.4, -0.2) is 0 Å². The average molecular weight is 388 g/mol. The van der Waals surface area contributed by atoms with Crippen LogP contribution in [0.4, 0.5) is 0 Å². The van der Waals surface area contributed by atoms with E-state index >= 15 is 0 Å². The first kappa shape index (κ1) is 14.8. The van der Waals surface area contributed by atoms with Crippen molar-refractivity contribution in [1.29, 1.82) is 0 Å². The minimum absolute atomic E-state index is 1.15. The summed E-state index contributed by atoms with van der Waals surface area (Å²) in [6, 6.07) is 11.6. The second-order valence-electron chi connectivity index (χ2n) is 6.07. The lowest BCUT2D eigenvalue weighted by Crippen LogP contribution is -1.94. The molecule has 21 heavy (non-hydrogen) atoms. The van der Waals surface area contributed by atoms with E-state index in [4.69, 9.17) is 0 Å². The molecule has 1 heteroatoms. The topological polar surface area (TPSA) is 0 Å². The first-order chi connectivity index (χ1) is 10.0. The van der Waals surface area contributed by atoms with Gasteiger partial charge >= 0.3 is 0 Å². The van der Waals surface area contributed by atoms with Crippen molar-refractivity contribution in [2.45, 2.75) is 40.5 Å². The molecule has 0 nitrogen and oxygen atoms in total. The van der Waals surface area contributed by atoms with Crippen molar-refractivity contribution in [3.05, 3.63) is 56.2 Å². The highest BCUT2D eigenvalue weighted by atomic mass is 127. The molecule has 108 valence electrons. The molecular weight excluding hydrogens is 367 g/mol. The number of halogens is 1. The van der Waals surface area contributed by atoms with E-state index in [0.717, 1.165) is 6.42 Å². The van der Waals surface area contributed by atoms with Crippen molar-refractivity contribution in [3.63, 3.8) is 0 Å². The van der Waals surface area contributed by atoms with E-state index in [1.54, 1.807) is 0 Å². The van der Waals surface area contributed by atoms with Crippen LogP contribution >= 0.6 is 22.6 Å². The van der Waals surface area contributed by atoms with Crippen LogP contribution in [0.2, 0.25) is 0 Å². The molecule has 0 unspecified atom stereocenters. The largest absolute Gasteiger partial charge is 0.0651 e. The zero-order chi connectivity index (χ0) is 15.1. The molecule has 0 spiro atoms. The molecule has 3 aromatic rings. The van der Waals surface area contributed by atoms with Crippen LogP contribution in [0.15, 0.2) is 30.3 Å². The van der Waals surface area contributed by atoms with E-state index in [9.17, 15) is 0 Å². The number of benzene rings is 3. The molecule has 0 atom stereocenters. The molecule has 0 heterocycles. The predicted molar refractivity (Wildman–Crippen MR) is 102 cm³/mol. The maximum absolute atomic E-state index is 2.49. The number of aryl methyl sites for hydroxylation is 4. The van der Waals surface area contributed by atoms with Gasteiger partial charge in [-0.1, -0.05) is 49.2 Å². The zero-order valence-electron chi connectivity index (χ0n) is 13.2. The van der Waals surface area contributed by atoms with Crippen LogP contribution in [-0.2, 0) is 6.42 Å². The fourth-order valence-electron chi connectivity index (χ4n) is 3.43. The lowest BCUT2D eigenvalue weighted by molar-refractivity contribution is 0.929. The average Bonchev–Trinajstić information content (AvgIpc) is 2.44. The Morgan fingerprint density at radius 3 is 2.24 bits per heavy atom. The second kappa shape index (κ2) is 5.60. The molecule has 3 aromatic carbocycles. The maximum atomic E-state index is 2.49. The van der Waals surface area contributed by atoms with Crippen molar-refractivity contribution in [2.24, 2.45) is 0 Å². The second-order valence-corrected chi connectivity index (χ2v) is 7.15. The highest BCUT2D eigenvalue weighted by molar-refractivity contribution is 14.1. The third kappa shape index (κ3) is 2.46. The summed E-state index contributed by atoms with van der Waals surface area (Å²) in [7, 11) is 0. The van der Waals surface area contributed by atoms with Gasteiger partial charge in [0.15, 0.2) is 0 Å². The van der Waals surface area contributed by atoms with Gasteiger partial charge in [0.1, 0.15) is 0 Å². The Balaban J connectivity index is 2.55. The summed E-state index contributed by atoms with van der Waals surface area (Å²) in [4.78, 5) is 0. The van der Waals surface area contributed by atoms with Gasteiger partial charge in [0, 0.05) is 3.57 Å². The third-order valence-corrected chi connectivity index (χ3v) is 5.98. The van der Waals surface area contributed by atoms with Crippen LogP contribution in [0.1, 0.15) is 35.6 Å². The van der Waals surface area contributed by atoms with Crippen LogP contribution in [0, 0.1) is 24.3 Å². The monoisotopic (exact) mass is 388 g/mol. The van der Waals surface area contributed by atoms with Gasteiger partial charge in [-0.15, -0.1) is 0 Å². The van der Waals surface area contributed by atoms with E-state index in [-0.39, 0.29) is 0 Å². The van der Waals surface area contributed by atoms with Gasteiger partial charge in [0.05, 0.1) is 0 Å². The van der Waals surface area contributed by atoms with Crippen molar-refractivity contribution >= 4 is 44.1 Å². The lowest BCUT2D eigenvalue weighted by Gasteiger charge is -2.15. The number of hydrogen-bond donors (Lipinski definition) is 0. The van der Waals surface area contributed by atoms with Gasteiger partial charge in [0.25, 0.3) is 0 Å².